The molecule has 0 spiro atoms. The van der Waals surface area contributed by atoms with Gasteiger partial charge in [-0.1, -0.05) is 17.3 Å². The second-order valence-electron chi connectivity index (χ2n) is 3.80. The van der Waals surface area contributed by atoms with Gasteiger partial charge < -0.3 is 9.42 Å². The van der Waals surface area contributed by atoms with E-state index >= 15 is 0 Å². The van der Waals surface area contributed by atoms with Gasteiger partial charge in [-0.2, -0.15) is 0 Å². The predicted octanol–water partition coefficient (Wildman–Crippen LogP) is 2.65. The molecule has 0 saturated carbocycles. The van der Waals surface area contributed by atoms with Crippen LogP contribution in [0.25, 0.3) is 0 Å². The second-order valence-corrected chi connectivity index (χ2v) is 3.80. The number of rotatable bonds is 3. The van der Waals surface area contributed by atoms with Crippen molar-refractivity contribution in [1.29, 1.82) is 0 Å². The van der Waals surface area contributed by atoms with E-state index in [-0.39, 0.29) is 5.91 Å². The third-order valence-corrected chi connectivity index (χ3v) is 2.55. The zero-order chi connectivity index (χ0) is 12.3. The van der Waals surface area contributed by atoms with Crippen LogP contribution in [0.15, 0.2) is 41.2 Å². The number of aryl methyl sites for hydroxylation is 1. The highest BCUT2D eigenvalue weighted by Gasteiger charge is 2.17. The molecule has 1 heterocycles. The van der Waals surface area contributed by atoms with Gasteiger partial charge in [-0.25, -0.2) is 0 Å². The van der Waals surface area contributed by atoms with E-state index in [2.05, 4.69) is 5.16 Å². The molecular weight excluding hydrogens is 216 g/mol. The van der Waals surface area contributed by atoms with Crippen molar-refractivity contribution in [2.75, 3.05) is 11.4 Å². The number of hydrogen-bond acceptors (Lipinski definition) is 3. The first-order valence-corrected chi connectivity index (χ1v) is 5.50. The van der Waals surface area contributed by atoms with Crippen molar-refractivity contribution in [2.24, 2.45) is 0 Å². The molecule has 0 saturated heterocycles. The molecule has 0 aliphatic rings. The summed E-state index contributed by atoms with van der Waals surface area (Å²) in [5.74, 6) is -0.0978. The van der Waals surface area contributed by atoms with Crippen LogP contribution >= 0.6 is 0 Å². The van der Waals surface area contributed by atoms with Crippen molar-refractivity contribution < 1.29 is 9.32 Å². The van der Waals surface area contributed by atoms with Crippen LogP contribution in [0.5, 0.6) is 0 Å². The molecule has 0 atom stereocenters. The van der Waals surface area contributed by atoms with Crippen LogP contribution < -0.4 is 4.90 Å². The van der Waals surface area contributed by atoms with Gasteiger partial charge in [-0.15, -0.1) is 0 Å². The van der Waals surface area contributed by atoms with Gasteiger partial charge in [-0.3, -0.25) is 4.79 Å². The molecule has 4 nitrogen and oxygen atoms in total. The minimum atomic E-state index is -0.0978. The molecule has 17 heavy (non-hydrogen) atoms. The molecule has 0 aliphatic carbocycles. The Morgan fingerprint density at radius 2 is 2.29 bits per heavy atom. The molecular formula is C13H14N2O2. The van der Waals surface area contributed by atoms with E-state index in [1.54, 1.807) is 4.90 Å². The summed E-state index contributed by atoms with van der Waals surface area (Å²) in [5.41, 5.74) is 2.48. The molecule has 0 N–H and O–H groups in total. The quantitative estimate of drug-likeness (QED) is 0.814. The summed E-state index contributed by atoms with van der Waals surface area (Å²) in [5, 5.41) is 3.55. The number of hydrogen-bond donors (Lipinski definition) is 0. The van der Waals surface area contributed by atoms with E-state index < -0.39 is 0 Å². The molecule has 0 radical (unpaired) electrons. The van der Waals surface area contributed by atoms with E-state index in [1.165, 1.54) is 12.5 Å². The van der Waals surface area contributed by atoms with Gasteiger partial charge in [0.15, 0.2) is 0 Å². The highest BCUT2D eigenvalue weighted by atomic mass is 16.5. The SMILES string of the molecule is CCN(C(=O)c1cnoc1)c1cccc(C)c1. The summed E-state index contributed by atoms with van der Waals surface area (Å²) in [6, 6.07) is 7.84. The molecule has 0 fully saturated rings. The standard InChI is InChI=1S/C13H14N2O2/c1-3-15(12-6-4-5-10(2)7-12)13(16)11-8-14-17-9-11/h4-9H,3H2,1-2H3. The Hall–Kier alpha value is -2.10. The Balaban J connectivity index is 2.31. The summed E-state index contributed by atoms with van der Waals surface area (Å²) in [6.07, 6.45) is 2.79. The largest absolute Gasteiger partial charge is 0.364 e. The normalized spacial score (nSPS) is 10.2. The van der Waals surface area contributed by atoms with Crippen LogP contribution in [0.3, 0.4) is 0 Å². The fraction of sp³-hybridized carbons (Fsp3) is 0.231. The zero-order valence-electron chi connectivity index (χ0n) is 9.88. The maximum atomic E-state index is 12.2. The minimum absolute atomic E-state index is 0.0978. The first-order chi connectivity index (χ1) is 8.22. The van der Waals surface area contributed by atoms with Crippen LogP contribution in [-0.2, 0) is 0 Å². The van der Waals surface area contributed by atoms with Gasteiger partial charge in [0.1, 0.15) is 6.26 Å². The highest BCUT2D eigenvalue weighted by Crippen LogP contribution is 2.18. The average Bonchev–Trinajstić information content (AvgIpc) is 2.83. The Labute approximate surface area is 99.8 Å². The van der Waals surface area contributed by atoms with Gasteiger partial charge in [0, 0.05) is 12.2 Å². The maximum Gasteiger partial charge on any atom is 0.263 e. The van der Waals surface area contributed by atoms with Crippen LogP contribution in [-0.4, -0.2) is 17.6 Å². The van der Waals surface area contributed by atoms with Crippen molar-refractivity contribution in [3.8, 4) is 0 Å². The van der Waals surface area contributed by atoms with Gasteiger partial charge in [-0.05, 0) is 31.5 Å². The topological polar surface area (TPSA) is 46.3 Å². The fourth-order valence-corrected chi connectivity index (χ4v) is 1.71. The van der Waals surface area contributed by atoms with Gasteiger partial charge in [0.05, 0.1) is 11.8 Å². The first kappa shape index (κ1) is 11.4. The van der Waals surface area contributed by atoms with Gasteiger partial charge in [0.25, 0.3) is 5.91 Å². The average molecular weight is 230 g/mol. The first-order valence-electron chi connectivity index (χ1n) is 5.50. The number of aromatic nitrogens is 1. The van der Waals surface area contributed by atoms with E-state index in [9.17, 15) is 4.79 Å². The van der Waals surface area contributed by atoms with Crippen LogP contribution in [0.4, 0.5) is 5.69 Å². The molecule has 2 aromatic rings. The monoisotopic (exact) mass is 230 g/mol. The lowest BCUT2D eigenvalue weighted by Crippen LogP contribution is -2.30. The molecule has 1 aromatic heterocycles. The maximum absolute atomic E-state index is 12.2. The molecule has 0 aliphatic heterocycles. The van der Waals surface area contributed by atoms with Crippen LogP contribution in [0, 0.1) is 6.92 Å². The summed E-state index contributed by atoms with van der Waals surface area (Å²) in [4.78, 5) is 13.9. The number of carbonyl (C=O) groups excluding carboxylic acids is 1. The van der Waals surface area contributed by atoms with E-state index in [0.29, 0.717) is 12.1 Å². The van der Waals surface area contributed by atoms with Crippen LogP contribution in [0.1, 0.15) is 22.8 Å². The summed E-state index contributed by atoms with van der Waals surface area (Å²) in [7, 11) is 0. The Morgan fingerprint density at radius 1 is 1.47 bits per heavy atom. The Kier molecular flexibility index (Phi) is 3.23. The Morgan fingerprint density at radius 3 is 2.88 bits per heavy atom. The molecule has 1 aromatic carbocycles. The highest BCUT2D eigenvalue weighted by molar-refractivity contribution is 6.05. The van der Waals surface area contributed by atoms with E-state index in [0.717, 1.165) is 11.3 Å². The van der Waals surface area contributed by atoms with Crippen molar-refractivity contribution >= 4 is 11.6 Å². The second kappa shape index (κ2) is 4.82. The van der Waals surface area contributed by atoms with Gasteiger partial charge >= 0.3 is 0 Å². The molecule has 88 valence electrons. The number of nitrogens with zero attached hydrogens (tertiary/aromatic N) is 2. The van der Waals surface area contributed by atoms with Crippen LogP contribution in [0.2, 0.25) is 0 Å². The van der Waals surface area contributed by atoms with Crippen molar-refractivity contribution in [3.63, 3.8) is 0 Å². The molecule has 0 bridgehead atoms. The van der Waals surface area contributed by atoms with E-state index in [1.807, 2.05) is 38.1 Å². The lowest BCUT2D eigenvalue weighted by Gasteiger charge is -2.20. The molecule has 1 amide bonds. The van der Waals surface area contributed by atoms with Crippen molar-refractivity contribution in [1.82, 2.24) is 5.16 Å². The Bertz CT molecular complexity index is 506. The summed E-state index contributed by atoms with van der Waals surface area (Å²) < 4.78 is 4.69. The summed E-state index contributed by atoms with van der Waals surface area (Å²) in [6.45, 7) is 4.54. The number of benzene rings is 1. The fourth-order valence-electron chi connectivity index (χ4n) is 1.71. The molecule has 4 heteroatoms. The number of carbonyl (C=O) groups is 1. The zero-order valence-corrected chi connectivity index (χ0v) is 9.88. The number of amides is 1. The smallest absolute Gasteiger partial charge is 0.263 e. The van der Waals surface area contributed by atoms with Crippen molar-refractivity contribution in [2.45, 2.75) is 13.8 Å². The predicted molar refractivity (Wildman–Crippen MR) is 65.0 cm³/mol. The molecule has 2 rings (SSSR count). The lowest BCUT2D eigenvalue weighted by molar-refractivity contribution is 0.0987. The molecule has 0 unspecified atom stereocenters. The summed E-state index contributed by atoms with van der Waals surface area (Å²) >= 11 is 0. The van der Waals surface area contributed by atoms with E-state index in [4.69, 9.17) is 4.52 Å². The number of anilines is 1. The lowest BCUT2D eigenvalue weighted by atomic mass is 10.2. The van der Waals surface area contributed by atoms with Gasteiger partial charge in [0.2, 0.25) is 0 Å². The van der Waals surface area contributed by atoms with Crippen molar-refractivity contribution in [3.05, 3.63) is 47.9 Å². The third kappa shape index (κ3) is 2.36. The third-order valence-electron chi connectivity index (χ3n) is 2.55. The minimum Gasteiger partial charge on any atom is -0.364 e.